The molecule has 4 heterocycles. The number of aldehydes is 1. The molecule has 0 amide bonds. The highest BCUT2D eigenvalue weighted by Gasteiger charge is 2.35. The molecule has 0 bridgehead atoms. The molecule has 7 fully saturated rings. The van der Waals surface area contributed by atoms with Gasteiger partial charge in [-0.25, -0.2) is 29.3 Å². The minimum absolute atomic E-state index is 0. The van der Waals surface area contributed by atoms with Crippen LogP contribution in [0.15, 0.2) is 146 Å². The fraction of sp³-hybridized carbons (Fsp3) is 0.424. The Hall–Kier alpha value is -9.48. The van der Waals surface area contributed by atoms with Crippen molar-refractivity contribution < 1.29 is 158 Å². The van der Waals surface area contributed by atoms with E-state index in [0.29, 0.717) is 173 Å². The second-order valence-corrected chi connectivity index (χ2v) is 37.9. The van der Waals surface area contributed by atoms with Gasteiger partial charge in [0.1, 0.15) is 77.6 Å². The van der Waals surface area contributed by atoms with Gasteiger partial charge in [0, 0.05) is 47.1 Å². The number of hydrogen-bond donors (Lipinski definition) is 3. The number of halogens is 15. The maximum atomic E-state index is 13.6. The first kappa shape index (κ1) is 116. The predicted molar refractivity (Wildman–Crippen MR) is 516 cm³/mol. The average molecular weight is 2260 g/mol. The first-order valence-electron chi connectivity index (χ1n) is 45.0. The number of piperidine rings is 1. The number of esters is 4. The molecule has 28 nitrogen and oxygen atoms in total. The van der Waals surface area contributed by atoms with Crippen LogP contribution in [0.25, 0.3) is 0 Å². The van der Waals surface area contributed by atoms with Crippen molar-refractivity contribution in [1.82, 2.24) is 5.32 Å². The van der Waals surface area contributed by atoms with Crippen LogP contribution in [0.3, 0.4) is 0 Å². The Morgan fingerprint density at radius 1 is 0.394 bits per heavy atom. The molecule has 9 aromatic rings. The second-order valence-electron chi connectivity index (χ2n) is 33.9. The summed E-state index contributed by atoms with van der Waals surface area (Å²) in [4.78, 5) is 82.0. The lowest BCUT2D eigenvalue weighted by Crippen LogP contribution is -2.30. The number of ether oxygens (including phenoxy) is 13. The largest absolute Gasteiger partial charge is 0.870 e. The maximum Gasteiger partial charge on any atom is 0.387 e. The Kier molecular flexibility index (Phi) is 47.4. The highest BCUT2D eigenvalue weighted by molar-refractivity contribution is 9.09. The van der Waals surface area contributed by atoms with E-state index >= 15 is 0 Å². The number of benzene rings is 6. The van der Waals surface area contributed by atoms with E-state index in [4.69, 9.17) is 134 Å². The van der Waals surface area contributed by atoms with Gasteiger partial charge in [0.15, 0.2) is 78.0 Å². The molecule has 9 N–H and O–H groups in total. The molecule has 142 heavy (non-hydrogen) atoms. The van der Waals surface area contributed by atoms with Crippen molar-refractivity contribution in [1.29, 1.82) is 0 Å². The summed E-state index contributed by atoms with van der Waals surface area (Å²) < 4.78 is 151. The zero-order chi connectivity index (χ0) is 99.2. The van der Waals surface area contributed by atoms with Crippen LogP contribution in [0.2, 0.25) is 30.1 Å². The monoisotopic (exact) mass is 2250 g/mol. The van der Waals surface area contributed by atoms with Gasteiger partial charge in [-0.3, -0.25) is 14.4 Å². The normalized spacial score (nSPS) is 15.2. The number of alkyl halides is 8. The summed E-state index contributed by atoms with van der Waals surface area (Å²) >= 11 is 49.2. The maximum absolute atomic E-state index is 13.6. The Bertz CT molecular complexity index is 5600. The number of aliphatic hydroxyl groups is 2. The number of aliphatic hydroxyl groups excluding tert-OH is 2. The van der Waals surface area contributed by atoms with Gasteiger partial charge in [-0.15, -0.1) is 0 Å². The number of carbonyl (C=O) groups excluding carboxylic acids is 6. The van der Waals surface area contributed by atoms with Gasteiger partial charge in [-0.1, -0.05) is 120 Å². The van der Waals surface area contributed by atoms with Crippen molar-refractivity contribution in [3.63, 3.8) is 0 Å². The lowest BCUT2D eigenvalue weighted by molar-refractivity contribution is -0.378. The molecule has 3 atom stereocenters. The van der Waals surface area contributed by atoms with E-state index in [1.807, 2.05) is 0 Å². The van der Waals surface area contributed by atoms with Crippen molar-refractivity contribution in [2.24, 2.45) is 35.5 Å². The third kappa shape index (κ3) is 38.2. The molecule has 6 aromatic carbocycles. The summed E-state index contributed by atoms with van der Waals surface area (Å²) in [6, 6.07) is 27.2. The summed E-state index contributed by atoms with van der Waals surface area (Å²) in [7, 11) is 0. The summed E-state index contributed by atoms with van der Waals surface area (Å²) in [5.74, 6) is 1.39. The van der Waals surface area contributed by atoms with Gasteiger partial charge in [0.2, 0.25) is 5.24 Å². The topological polar surface area (TPSA) is 407 Å². The van der Waals surface area contributed by atoms with Gasteiger partial charge in [-0.05, 0) is 258 Å². The molecule has 0 radical (unpaired) electrons. The number of carbonyl (C=O) groups is 6. The molecule has 6 saturated carbocycles. The Morgan fingerprint density at radius 2 is 0.676 bits per heavy atom. The highest BCUT2D eigenvalue weighted by Crippen LogP contribution is 2.45. The van der Waals surface area contributed by atoms with Crippen molar-refractivity contribution in [3.8, 4) is 51.7 Å². The number of nitrogens with one attached hydrogen (secondary N) is 4. The number of hydrogen-bond acceptors (Lipinski definition) is 25. The fourth-order valence-electron chi connectivity index (χ4n) is 13.7. The smallest absolute Gasteiger partial charge is 0.387 e. The third-order valence-electron chi connectivity index (χ3n) is 22.6. The van der Waals surface area contributed by atoms with Crippen LogP contribution in [0, 0.1) is 35.5 Å². The van der Waals surface area contributed by atoms with Gasteiger partial charge in [0.25, 0.3) is 0 Å². The zero-order valence-corrected chi connectivity index (χ0v) is 84.6. The van der Waals surface area contributed by atoms with E-state index in [-0.39, 0.29) is 128 Å². The molecule has 0 unspecified atom stereocenters. The average Bonchev–Trinajstić information content (AvgIpc) is 1.29. The lowest BCUT2D eigenvalue weighted by atomic mass is 10.0. The van der Waals surface area contributed by atoms with E-state index in [0.717, 1.165) is 103 Å². The highest BCUT2D eigenvalue weighted by atomic mass is 79.9. The van der Waals surface area contributed by atoms with Gasteiger partial charge < -0.3 is 93.5 Å². The van der Waals surface area contributed by atoms with E-state index < -0.39 is 62.0 Å². The molecule has 1 saturated heterocycles. The minimum atomic E-state index is -3.05. The second kappa shape index (κ2) is 58.0. The van der Waals surface area contributed by atoms with Crippen LogP contribution in [-0.4, -0.2) is 151 Å². The van der Waals surface area contributed by atoms with Crippen LogP contribution in [0.1, 0.15) is 194 Å². The van der Waals surface area contributed by atoms with Crippen LogP contribution in [-0.2, 0) is 61.0 Å². The summed E-state index contributed by atoms with van der Waals surface area (Å²) in [6.07, 6.45) is 21.8. The van der Waals surface area contributed by atoms with E-state index in [1.54, 1.807) is 73.6 Å². The Labute approximate surface area is 866 Å². The van der Waals surface area contributed by atoms with Gasteiger partial charge in [-0.2, -0.15) is 26.3 Å². The molecule has 6 aliphatic carbocycles. The zero-order valence-electron chi connectivity index (χ0n) is 76.1. The summed E-state index contributed by atoms with van der Waals surface area (Å²) in [5.41, 5.74) is 4.64. The molecular formula is C99H105Br2Cl7F6N4O24. The number of pyridine rings is 3. The molecule has 43 heteroatoms. The van der Waals surface area contributed by atoms with E-state index in [1.165, 1.54) is 72.8 Å². The number of aromatic nitrogens is 3. The minimum Gasteiger partial charge on any atom is -0.870 e. The van der Waals surface area contributed by atoms with Crippen LogP contribution in [0.4, 0.5) is 26.3 Å². The standard InChI is InChI=1S/C32H30BrCl2F2NO7.C30H29Cl2F2NO6.C30H27Cl2F2NO6.C5H11NO.C2H2BrClO.3H2O/c33-12-30(39)43-17-22-9-21(6-7-26(22)41-15-18-1-2-18)31(40)44-28(11-23-24(34)13-38-14-25(23)35)20-5-8-27(45-32(36)37)29(10-20)42-16-19-3-4-19;2*31-23-12-35-13-24(32)22(23)11-27(19-5-8-26(41-30(33)34)28(10-19)39-16-18-3-4-18)40-29(37)20-6-7-25(21(9-20)14-36)38-15-17-1-2-17;7-5-1-3-6-4-2-5;3-1-2(4)5;;;/h5-10,13-14,18-19,28,32H,1-4,11-12,15-17H2;5-10,12-13,17-18,27,30,36H,1-4,11,14-16H2;5-10,12-14,17-18,27,30H,1-4,11,15-16H2;5-7H,1-4H2;1H2;3*1H2/t28-;2*27-;;;;;/m000...../s1. The van der Waals surface area contributed by atoms with Crippen molar-refractivity contribution in [2.45, 2.75) is 167 Å². The first-order chi connectivity index (χ1) is 67.0. The van der Waals surface area contributed by atoms with E-state index in [2.05, 4.69) is 66.3 Å². The molecular weight excluding hydrogens is 2150 g/mol. The number of rotatable bonds is 45. The van der Waals surface area contributed by atoms with Crippen molar-refractivity contribution in [3.05, 3.63) is 243 Å². The number of aromatic amines is 3. The molecule has 0 spiro atoms. The van der Waals surface area contributed by atoms with Crippen LogP contribution < -0.4 is 62.9 Å². The Balaban J connectivity index is 0.000000222. The van der Waals surface area contributed by atoms with E-state index in [9.17, 15) is 60.2 Å². The summed E-state index contributed by atoms with van der Waals surface area (Å²) in [6.45, 7) is -4.92. The molecule has 7 aliphatic rings. The molecule has 3 aromatic heterocycles. The lowest BCUT2D eigenvalue weighted by Gasteiger charge is -2.21. The number of H-pyrrole nitrogens is 3. The van der Waals surface area contributed by atoms with Gasteiger partial charge in [0.05, 0.1) is 79.9 Å². The van der Waals surface area contributed by atoms with Crippen LogP contribution >= 0.6 is 113 Å². The van der Waals surface area contributed by atoms with Crippen LogP contribution in [0.5, 0.6) is 51.7 Å². The SMILES string of the molecule is O=C(CBr)OCc1cc(C(=O)O[C@@H](Cc2c(Cl)c[nH+]cc2Cl)c2ccc(OC(F)F)c(OCC3CC3)c2)ccc1OCC1CC1.O=C(Cl)CBr.O=C(O[C@@H](Cc1c(Cl)c[nH+]cc1Cl)c1ccc(OC(F)F)c(OCC2CC2)c1)c1ccc(OCC2CC2)c(CO)c1.O=Cc1cc(C(=O)O[C@@H](Cc2c(Cl)c[nH+]cc2Cl)c2ccc(OC(F)F)c(OCC3CC3)c2)ccc1OCC1CC1.OC1CCNCC1.[OH-].[OH-].[OH-]. The molecule has 770 valence electrons. The van der Waals surface area contributed by atoms with Gasteiger partial charge >= 0.3 is 43.7 Å². The predicted octanol–water partition coefficient (Wildman–Crippen LogP) is 21.5. The molecule has 16 rings (SSSR count). The Morgan fingerprint density at radius 3 is 0.951 bits per heavy atom. The first-order valence-corrected chi connectivity index (χ1v) is 49.8. The van der Waals surface area contributed by atoms with Crippen molar-refractivity contribution >= 4 is 148 Å². The fourth-order valence-corrected chi connectivity index (χ4v) is 15.5. The summed E-state index contributed by atoms with van der Waals surface area (Å²) in [5, 5.41) is 23.8. The molecule has 1 aliphatic heterocycles. The third-order valence-corrected chi connectivity index (χ3v) is 26.1. The quantitative estimate of drug-likeness (QED) is 0.00797. The van der Waals surface area contributed by atoms with Crippen molar-refractivity contribution in [2.75, 3.05) is 63.4 Å².